The summed E-state index contributed by atoms with van der Waals surface area (Å²) >= 11 is 1.68. The van der Waals surface area contributed by atoms with E-state index in [0.717, 1.165) is 6.42 Å². The lowest BCUT2D eigenvalue weighted by molar-refractivity contribution is 0.0685. The number of hydrogen-bond acceptors (Lipinski definition) is 5. The van der Waals surface area contributed by atoms with Crippen molar-refractivity contribution in [2.45, 2.75) is 13.0 Å². The Balaban J connectivity index is 1.85. The molecule has 0 saturated heterocycles. The van der Waals surface area contributed by atoms with Gasteiger partial charge in [0, 0.05) is 17.5 Å². The molecule has 0 aromatic carbocycles. The molecule has 0 atom stereocenters. The average Bonchev–Trinajstić information content (AvgIpc) is 2.88. The maximum absolute atomic E-state index is 10.9. The molecule has 94 valence electrons. The van der Waals surface area contributed by atoms with Crippen LogP contribution < -0.4 is 0 Å². The van der Waals surface area contributed by atoms with Crippen LogP contribution in [0, 0.1) is 0 Å². The highest BCUT2D eigenvalue weighted by molar-refractivity contribution is 7.09. The number of carboxylic acid groups (broad SMARTS) is 1. The van der Waals surface area contributed by atoms with Crippen molar-refractivity contribution in [3.8, 4) is 0 Å². The van der Waals surface area contributed by atoms with Crippen LogP contribution in [0.2, 0.25) is 0 Å². The topological polar surface area (TPSA) is 72.3 Å². The molecular formula is C12H12N2O3S. The van der Waals surface area contributed by atoms with Gasteiger partial charge >= 0.3 is 5.97 Å². The van der Waals surface area contributed by atoms with Crippen LogP contribution in [-0.2, 0) is 17.8 Å². The van der Waals surface area contributed by atoms with E-state index >= 15 is 0 Å². The summed E-state index contributed by atoms with van der Waals surface area (Å²) in [5.74, 6) is -1.03. The Bertz CT molecular complexity index is 514. The monoisotopic (exact) mass is 264 g/mol. The molecule has 0 amide bonds. The zero-order chi connectivity index (χ0) is 12.8. The Morgan fingerprint density at radius 3 is 3.11 bits per heavy atom. The van der Waals surface area contributed by atoms with Crippen molar-refractivity contribution < 1.29 is 14.6 Å². The second-order valence-corrected chi connectivity index (χ2v) is 4.60. The maximum atomic E-state index is 10.9. The summed E-state index contributed by atoms with van der Waals surface area (Å²) in [6, 6.07) is 4.04. The van der Waals surface area contributed by atoms with Crippen LogP contribution in [0.15, 0.2) is 30.0 Å². The SMILES string of the molecule is O=C(O)c1cncnc1COCCc1cccs1. The summed E-state index contributed by atoms with van der Waals surface area (Å²) in [7, 11) is 0. The highest BCUT2D eigenvalue weighted by atomic mass is 32.1. The largest absolute Gasteiger partial charge is 0.478 e. The van der Waals surface area contributed by atoms with Gasteiger partial charge in [0.05, 0.1) is 18.9 Å². The third-order valence-corrected chi connectivity index (χ3v) is 3.27. The van der Waals surface area contributed by atoms with E-state index in [4.69, 9.17) is 9.84 Å². The van der Waals surface area contributed by atoms with Crippen molar-refractivity contribution in [1.29, 1.82) is 0 Å². The smallest absolute Gasteiger partial charge is 0.339 e. The molecule has 1 N–H and O–H groups in total. The molecule has 0 saturated carbocycles. The van der Waals surface area contributed by atoms with E-state index in [2.05, 4.69) is 9.97 Å². The maximum Gasteiger partial charge on any atom is 0.339 e. The van der Waals surface area contributed by atoms with Crippen LogP contribution >= 0.6 is 11.3 Å². The summed E-state index contributed by atoms with van der Waals surface area (Å²) in [6.45, 7) is 0.735. The highest BCUT2D eigenvalue weighted by Crippen LogP contribution is 2.10. The summed E-state index contributed by atoms with van der Waals surface area (Å²) in [6.07, 6.45) is 3.43. The van der Waals surface area contributed by atoms with Gasteiger partial charge in [-0.15, -0.1) is 11.3 Å². The van der Waals surface area contributed by atoms with Crippen molar-refractivity contribution in [2.24, 2.45) is 0 Å². The minimum atomic E-state index is -1.03. The standard InChI is InChI=1S/C12H12N2O3S/c15-12(16)10-6-13-8-14-11(10)7-17-4-3-9-2-1-5-18-9/h1-2,5-6,8H,3-4,7H2,(H,15,16). The van der Waals surface area contributed by atoms with Gasteiger partial charge in [-0.1, -0.05) is 6.07 Å². The average molecular weight is 264 g/mol. The molecule has 0 radical (unpaired) electrons. The lowest BCUT2D eigenvalue weighted by Crippen LogP contribution is -2.08. The van der Waals surface area contributed by atoms with E-state index in [1.54, 1.807) is 11.3 Å². The van der Waals surface area contributed by atoms with Gasteiger partial charge in [0.2, 0.25) is 0 Å². The number of aromatic carboxylic acids is 1. The fourth-order valence-corrected chi connectivity index (χ4v) is 2.14. The molecule has 0 aliphatic rings. The van der Waals surface area contributed by atoms with Crippen LogP contribution in [0.25, 0.3) is 0 Å². The molecule has 2 rings (SSSR count). The first kappa shape index (κ1) is 12.7. The van der Waals surface area contributed by atoms with E-state index in [1.807, 2.05) is 17.5 Å². The molecule has 2 aromatic rings. The summed E-state index contributed by atoms with van der Waals surface area (Å²) < 4.78 is 5.44. The molecule has 0 spiro atoms. The van der Waals surface area contributed by atoms with Crippen LogP contribution in [-0.4, -0.2) is 27.7 Å². The molecule has 0 aliphatic heterocycles. The number of aromatic nitrogens is 2. The molecule has 2 aromatic heterocycles. The van der Waals surface area contributed by atoms with Crippen molar-refractivity contribution in [1.82, 2.24) is 9.97 Å². The number of thiophene rings is 1. The Morgan fingerprint density at radius 2 is 2.39 bits per heavy atom. The van der Waals surface area contributed by atoms with Crippen LogP contribution in [0.3, 0.4) is 0 Å². The van der Waals surface area contributed by atoms with Crippen molar-refractivity contribution in [3.63, 3.8) is 0 Å². The first-order valence-corrected chi connectivity index (χ1v) is 6.27. The molecule has 0 aliphatic carbocycles. The first-order valence-electron chi connectivity index (χ1n) is 5.39. The van der Waals surface area contributed by atoms with Gasteiger partial charge in [-0.2, -0.15) is 0 Å². The van der Waals surface area contributed by atoms with E-state index in [0.29, 0.717) is 12.3 Å². The Hall–Kier alpha value is -1.79. The van der Waals surface area contributed by atoms with E-state index in [1.165, 1.54) is 17.4 Å². The molecule has 0 unspecified atom stereocenters. The predicted octanol–water partition coefficient (Wildman–Crippen LogP) is 2.00. The number of carboxylic acids is 1. The highest BCUT2D eigenvalue weighted by Gasteiger charge is 2.11. The lowest BCUT2D eigenvalue weighted by Gasteiger charge is -2.05. The molecule has 0 bridgehead atoms. The Labute approximate surface area is 108 Å². The quantitative estimate of drug-likeness (QED) is 0.808. The zero-order valence-corrected chi connectivity index (χ0v) is 10.4. The molecule has 6 heteroatoms. The minimum absolute atomic E-state index is 0.0913. The van der Waals surface area contributed by atoms with Crippen molar-refractivity contribution in [2.75, 3.05) is 6.61 Å². The third-order valence-electron chi connectivity index (χ3n) is 2.34. The van der Waals surface area contributed by atoms with Gasteiger partial charge in [-0.3, -0.25) is 0 Å². The second kappa shape index (κ2) is 6.23. The summed E-state index contributed by atoms with van der Waals surface area (Å²) in [5.41, 5.74) is 0.498. The van der Waals surface area contributed by atoms with Crippen LogP contribution in [0.4, 0.5) is 0 Å². The lowest BCUT2D eigenvalue weighted by atomic mass is 10.2. The van der Waals surface area contributed by atoms with E-state index in [-0.39, 0.29) is 12.2 Å². The molecule has 0 fully saturated rings. The van der Waals surface area contributed by atoms with Crippen LogP contribution in [0.1, 0.15) is 20.9 Å². The molecule has 2 heterocycles. The van der Waals surface area contributed by atoms with Crippen molar-refractivity contribution in [3.05, 3.63) is 46.2 Å². The Kier molecular flexibility index (Phi) is 4.38. The normalized spacial score (nSPS) is 10.4. The fraction of sp³-hybridized carbons (Fsp3) is 0.250. The van der Waals surface area contributed by atoms with Gasteiger partial charge in [0.25, 0.3) is 0 Å². The third kappa shape index (κ3) is 3.35. The van der Waals surface area contributed by atoms with Gasteiger partial charge in [0.15, 0.2) is 0 Å². The van der Waals surface area contributed by atoms with Gasteiger partial charge in [-0.25, -0.2) is 14.8 Å². The van der Waals surface area contributed by atoms with Gasteiger partial charge in [-0.05, 0) is 11.4 Å². The zero-order valence-electron chi connectivity index (χ0n) is 9.57. The number of rotatable bonds is 6. The van der Waals surface area contributed by atoms with Gasteiger partial charge in [0.1, 0.15) is 11.9 Å². The van der Waals surface area contributed by atoms with Crippen LogP contribution in [0.5, 0.6) is 0 Å². The molecular weight excluding hydrogens is 252 g/mol. The van der Waals surface area contributed by atoms with Gasteiger partial charge < -0.3 is 9.84 Å². The molecule has 18 heavy (non-hydrogen) atoms. The van der Waals surface area contributed by atoms with E-state index < -0.39 is 5.97 Å². The number of ether oxygens (including phenoxy) is 1. The summed E-state index contributed by atoms with van der Waals surface area (Å²) in [5, 5.41) is 11.0. The molecule has 5 nitrogen and oxygen atoms in total. The number of nitrogens with zero attached hydrogens (tertiary/aromatic N) is 2. The number of carbonyl (C=O) groups is 1. The first-order chi connectivity index (χ1) is 8.77. The minimum Gasteiger partial charge on any atom is -0.478 e. The fourth-order valence-electron chi connectivity index (χ4n) is 1.45. The summed E-state index contributed by atoms with van der Waals surface area (Å²) in [4.78, 5) is 19.8. The van der Waals surface area contributed by atoms with E-state index in [9.17, 15) is 4.79 Å². The predicted molar refractivity (Wildman–Crippen MR) is 66.7 cm³/mol. The Morgan fingerprint density at radius 1 is 1.50 bits per heavy atom. The second-order valence-electron chi connectivity index (χ2n) is 3.57. The number of hydrogen-bond donors (Lipinski definition) is 1. The van der Waals surface area contributed by atoms with Crippen molar-refractivity contribution >= 4 is 17.3 Å².